The summed E-state index contributed by atoms with van der Waals surface area (Å²) in [4.78, 5) is 28.4. The van der Waals surface area contributed by atoms with E-state index < -0.39 is 5.97 Å². The van der Waals surface area contributed by atoms with Gasteiger partial charge in [0.25, 0.3) is 5.91 Å². The van der Waals surface area contributed by atoms with Gasteiger partial charge in [-0.05, 0) is 31.1 Å². The van der Waals surface area contributed by atoms with Crippen molar-refractivity contribution in [3.8, 4) is 0 Å². The van der Waals surface area contributed by atoms with Crippen LogP contribution in [0.15, 0.2) is 24.5 Å². The summed E-state index contributed by atoms with van der Waals surface area (Å²) in [5, 5.41) is 8.57. The molecule has 0 fully saturated rings. The van der Waals surface area contributed by atoms with Gasteiger partial charge in [-0.1, -0.05) is 6.92 Å². The first-order valence-electron chi connectivity index (χ1n) is 6.23. The third-order valence-electron chi connectivity index (χ3n) is 2.59. The van der Waals surface area contributed by atoms with E-state index in [2.05, 4.69) is 4.98 Å². The fourth-order valence-corrected chi connectivity index (χ4v) is 1.69. The predicted octanol–water partition coefficient (Wildman–Crippen LogP) is 2.05. The second-order valence-electron chi connectivity index (χ2n) is 4.06. The van der Waals surface area contributed by atoms with Crippen molar-refractivity contribution >= 4 is 18.0 Å². The van der Waals surface area contributed by atoms with Crippen LogP contribution in [0.2, 0.25) is 0 Å². The van der Waals surface area contributed by atoms with Crippen molar-refractivity contribution in [2.45, 2.75) is 20.3 Å². The van der Waals surface area contributed by atoms with E-state index in [1.807, 2.05) is 13.8 Å². The van der Waals surface area contributed by atoms with E-state index in [1.54, 1.807) is 11.0 Å². The Morgan fingerprint density at radius 2 is 2.11 bits per heavy atom. The molecule has 102 valence electrons. The highest BCUT2D eigenvalue weighted by molar-refractivity contribution is 5.94. The third kappa shape index (κ3) is 4.54. The fourth-order valence-electron chi connectivity index (χ4n) is 1.69. The highest BCUT2D eigenvalue weighted by Gasteiger charge is 2.13. The highest BCUT2D eigenvalue weighted by atomic mass is 16.4. The highest BCUT2D eigenvalue weighted by Crippen LogP contribution is 2.08. The Labute approximate surface area is 112 Å². The van der Waals surface area contributed by atoms with Crippen molar-refractivity contribution in [1.82, 2.24) is 9.88 Å². The van der Waals surface area contributed by atoms with E-state index in [4.69, 9.17) is 5.11 Å². The van der Waals surface area contributed by atoms with E-state index in [1.165, 1.54) is 18.5 Å². The summed E-state index contributed by atoms with van der Waals surface area (Å²) in [6.45, 7) is 5.28. The molecule has 1 heterocycles. The smallest absolute Gasteiger partial charge is 0.328 e. The van der Waals surface area contributed by atoms with Crippen LogP contribution >= 0.6 is 0 Å². The van der Waals surface area contributed by atoms with Crippen LogP contribution in [0.1, 0.15) is 36.2 Å². The molecular weight excluding hydrogens is 244 g/mol. The molecule has 1 aromatic rings. The Balaban J connectivity index is 2.92. The van der Waals surface area contributed by atoms with Gasteiger partial charge in [0, 0.05) is 31.6 Å². The number of hydrogen-bond acceptors (Lipinski definition) is 3. The molecule has 0 aliphatic carbocycles. The van der Waals surface area contributed by atoms with Crippen molar-refractivity contribution in [3.63, 3.8) is 0 Å². The van der Waals surface area contributed by atoms with Gasteiger partial charge < -0.3 is 10.0 Å². The minimum absolute atomic E-state index is 0.0811. The number of rotatable bonds is 6. The molecule has 1 rings (SSSR count). The number of hydrogen-bond donors (Lipinski definition) is 1. The topological polar surface area (TPSA) is 70.5 Å². The van der Waals surface area contributed by atoms with Gasteiger partial charge >= 0.3 is 5.97 Å². The van der Waals surface area contributed by atoms with Crippen LogP contribution in [-0.4, -0.2) is 40.0 Å². The van der Waals surface area contributed by atoms with Gasteiger partial charge in [-0.2, -0.15) is 0 Å². The summed E-state index contributed by atoms with van der Waals surface area (Å²) < 4.78 is 0. The largest absolute Gasteiger partial charge is 0.478 e. The number of aromatic nitrogens is 1. The number of carboxylic acids is 1. The zero-order chi connectivity index (χ0) is 14.3. The minimum Gasteiger partial charge on any atom is -0.478 e. The van der Waals surface area contributed by atoms with Gasteiger partial charge in [-0.25, -0.2) is 4.79 Å². The van der Waals surface area contributed by atoms with Gasteiger partial charge in [-0.3, -0.25) is 9.78 Å². The predicted molar refractivity (Wildman–Crippen MR) is 72.8 cm³/mol. The van der Waals surface area contributed by atoms with Crippen molar-refractivity contribution < 1.29 is 14.7 Å². The second kappa shape index (κ2) is 7.31. The molecule has 0 aromatic carbocycles. The van der Waals surface area contributed by atoms with Crippen LogP contribution in [0, 0.1) is 0 Å². The maximum atomic E-state index is 12.2. The molecule has 0 aliphatic heterocycles. The molecule has 0 atom stereocenters. The summed E-state index contributed by atoms with van der Waals surface area (Å²) in [5.74, 6) is -1.11. The van der Waals surface area contributed by atoms with Crippen molar-refractivity contribution in [1.29, 1.82) is 0 Å². The average molecular weight is 262 g/mol. The zero-order valence-electron chi connectivity index (χ0n) is 11.2. The van der Waals surface area contributed by atoms with Crippen LogP contribution in [0.3, 0.4) is 0 Å². The summed E-state index contributed by atoms with van der Waals surface area (Å²) in [6.07, 6.45) is 6.35. The van der Waals surface area contributed by atoms with E-state index in [9.17, 15) is 9.59 Å². The first kappa shape index (κ1) is 14.9. The van der Waals surface area contributed by atoms with E-state index >= 15 is 0 Å². The maximum absolute atomic E-state index is 12.2. The Morgan fingerprint density at radius 3 is 2.68 bits per heavy atom. The van der Waals surface area contributed by atoms with Gasteiger partial charge in [0.05, 0.1) is 5.56 Å². The summed E-state index contributed by atoms with van der Waals surface area (Å²) >= 11 is 0. The van der Waals surface area contributed by atoms with Crippen molar-refractivity contribution in [2.75, 3.05) is 13.1 Å². The van der Waals surface area contributed by atoms with Crippen LogP contribution in [0.25, 0.3) is 6.08 Å². The first-order chi connectivity index (χ1) is 9.08. The number of amides is 1. The molecule has 5 heteroatoms. The fraction of sp³-hybridized carbons (Fsp3) is 0.357. The third-order valence-corrected chi connectivity index (χ3v) is 2.59. The summed E-state index contributed by atoms with van der Waals surface area (Å²) in [6, 6.07) is 1.65. The maximum Gasteiger partial charge on any atom is 0.328 e. The van der Waals surface area contributed by atoms with E-state index in [-0.39, 0.29) is 5.91 Å². The molecule has 19 heavy (non-hydrogen) atoms. The number of carbonyl (C=O) groups excluding carboxylic acids is 1. The lowest BCUT2D eigenvalue weighted by atomic mass is 10.1. The number of nitrogens with zero attached hydrogens (tertiary/aromatic N) is 2. The molecule has 0 aliphatic rings. The van der Waals surface area contributed by atoms with E-state index in [0.29, 0.717) is 24.2 Å². The Kier molecular flexibility index (Phi) is 5.73. The van der Waals surface area contributed by atoms with Crippen LogP contribution in [0.5, 0.6) is 0 Å². The zero-order valence-corrected chi connectivity index (χ0v) is 11.2. The monoisotopic (exact) mass is 262 g/mol. The lowest BCUT2D eigenvalue weighted by Gasteiger charge is -2.19. The van der Waals surface area contributed by atoms with Crippen molar-refractivity contribution in [3.05, 3.63) is 35.7 Å². The van der Waals surface area contributed by atoms with Crippen LogP contribution in [0.4, 0.5) is 0 Å². The van der Waals surface area contributed by atoms with Gasteiger partial charge in [0.2, 0.25) is 0 Å². The van der Waals surface area contributed by atoms with Crippen LogP contribution < -0.4 is 0 Å². The van der Waals surface area contributed by atoms with Crippen molar-refractivity contribution in [2.24, 2.45) is 0 Å². The molecule has 1 N–H and O–H groups in total. The molecule has 0 bridgehead atoms. The second-order valence-corrected chi connectivity index (χ2v) is 4.06. The first-order valence-corrected chi connectivity index (χ1v) is 6.23. The quantitative estimate of drug-likeness (QED) is 0.796. The lowest BCUT2D eigenvalue weighted by Crippen LogP contribution is -2.31. The molecule has 0 radical (unpaired) electrons. The Hall–Kier alpha value is -2.17. The molecule has 1 aromatic heterocycles. The standard InChI is InChI=1S/C14H18N2O3/c1-3-7-16(4-2)14(19)12-8-11(9-15-10-12)5-6-13(17)18/h5-6,8-10H,3-4,7H2,1-2H3,(H,17,18). The number of carbonyl (C=O) groups is 2. The Morgan fingerprint density at radius 1 is 1.37 bits per heavy atom. The number of carboxylic acid groups (broad SMARTS) is 1. The van der Waals surface area contributed by atoms with Gasteiger partial charge in [-0.15, -0.1) is 0 Å². The molecular formula is C14H18N2O3. The molecule has 0 saturated heterocycles. The minimum atomic E-state index is -1.03. The lowest BCUT2D eigenvalue weighted by molar-refractivity contribution is -0.131. The molecule has 0 spiro atoms. The van der Waals surface area contributed by atoms with E-state index in [0.717, 1.165) is 12.5 Å². The Bertz CT molecular complexity index is 483. The summed E-state index contributed by atoms with van der Waals surface area (Å²) in [7, 11) is 0. The molecule has 1 amide bonds. The average Bonchev–Trinajstić information content (AvgIpc) is 2.42. The van der Waals surface area contributed by atoms with Gasteiger partial charge in [0.1, 0.15) is 0 Å². The normalized spacial score (nSPS) is 10.6. The van der Waals surface area contributed by atoms with Gasteiger partial charge in [0.15, 0.2) is 0 Å². The van der Waals surface area contributed by atoms with Crippen LogP contribution in [-0.2, 0) is 4.79 Å². The molecule has 0 unspecified atom stereocenters. The number of pyridine rings is 1. The number of aliphatic carboxylic acids is 1. The SMILES string of the molecule is CCCN(CC)C(=O)c1cncc(C=CC(=O)O)c1. The molecule has 0 saturated carbocycles. The molecule has 5 nitrogen and oxygen atoms in total. The summed E-state index contributed by atoms with van der Waals surface area (Å²) in [5.41, 5.74) is 1.07.